The standard InChI is InChI=1S/C20H24N2O7S2/c1-13(2)22-31(27,28)18-11-7-16(8-12-18)21-19(23)14(3)29-20(24)15-5-9-17(10-6-15)30(4,25)26/h5-14,22H,1-4H3,(H,21,23)/t14-/m0/s1. The van der Waals surface area contributed by atoms with Crippen molar-refractivity contribution in [2.24, 2.45) is 0 Å². The molecule has 0 saturated carbocycles. The van der Waals surface area contributed by atoms with Crippen LogP contribution in [-0.4, -0.2) is 47.1 Å². The summed E-state index contributed by atoms with van der Waals surface area (Å²) in [6.45, 7) is 4.78. The smallest absolute Gasteiger partial charge is 0.338 e. The summed E-state index contributed by atoms with van der Waals surface area (Å²) >= 11 is 0. The number of sulfone groups is 1. The topological polar surface area (TPSA) is 136 Å². The number of rotatable bonds is 8. The van der Waals surface area contributed by atoms with Crippen molar-refractivity contribution in [2.75, 3.05) is 11.6 Å². The Bertz CT molecular complexity index is 1160. The molecule has 0 bridgehead atoms. The molecule has 1 atom stereocenters. The molecule has 0 heterocycles. The summed E-state index contributed by atoms with van der Waals surface area (Å²) < 4.78 is 54.8. The van der Waals surface area contributed by atoms with Crippen LogP contribution in [0.5, 0.6) is 0 Å². The van der Waals surface area contributed by atoms with Gasteiger partial charge in [0.2, 0.25) is 10.0 Å². The van der Waals surface area contributed by atoms with E-state index in [1.54, 1.807) is 13.8 Å². The minimum Gasteiger partial charge on any atom is -0.449 e. The highest BCUT2D eigenvalue weighted by molar-refractivity contribution is 7.90. The Balaban J connectivity index is 2.00. The van der Waals surface area contributed by atoms with Crippen molar-refractivity contribution in [2.45, 2.75) is 42.7 Å². The van der Waals surface area contributed by atoms with Crippen LogP contribution in [-0.2, 0) is 29.4 Å². The van der Waals surface area contributed by atoms with Crippen molar-refractivity contribution >= 4 is 37.4 Å². The first kappa shape index (κ1) is 24.5. The molecule has 168 valence electrons. The van der Waals surface area contributed by atoms with Gasteiger partial charge in [0.1, 0.15) is 0 Å². The Morgan fingerprint density at radius 1 is 0.839 bits per heavy atom. The SMILES string of the molecule is CC(C)NS(=O)(=O)c1ccc(NC(=O)[C@H](C)OC(=O)c2ccc(S(C)(=O)=O)cc2)cc1. The van der Waals surface area contributed by atoms with Gasteiger partial charge >= 0.3 is 5.97 Å². The van der Waals surface area contributed by atoms with Crippen LogP contribution in [0.2, 0.25) is 0 Å². The maximum Gasteiger partial charge on any atom is 0.338 e. The lowest BCUT2D eigenvalue weighted by Crippen LogP contribution is -2.30. The molecule has 1 amide bonds. The largest absolute Gasteiger partial charge is 0.449 e. The number of benzene rings is 2. The zero-order valence-electron chi connectivity index (χ0n) is 17.4. The molecule has 0 aliphatic heterocycles. The molecule has 2 aromatic rings. The molecule has 0 saturated heterocycles. The van der Waals surface area contributed by atoms with Crippen LogP contribution in [0.15, 0.2) is 58.3 Å². The summed E-state index contributed by atoms with van der Waals surface area (Å²) in [6, 6.07) is 10.4. The van der Waals surface area contributed by atoms with E-state index >= 15 is 0 Å². The first-order valence-electron chi connectivity index (χ1n) is 9.24. The van der Waals surface area contributed by atoms with Gasteiger partial charge in [-0.2, -0.15) is 0 Å². The first-order chi connectivity index (χ1) is 14.3. The van der Waals surface area contributed by atoms with Crippen molar-refractivity contribution in [1.29, 1.82) is 0 Å². The minimum atomic E-state index is -3.65. The Morgan fingerprint density at radius 3 is 1.84 bits per heavy atom. The third-order valence-electron chi connectivity index (χ3n) is 3.99. The summed E-state index contributed by atoms with van der Waals surface area (Å²) in [5.74, 6) is -1.40. The van der Waals surface area contributed by atoms with Crippen LogP contribution in [0.25, 0.3) is 0 Å². The Morgan fingerprint density at radius 2 is 1.35 bits per heavy atom. The normalized spacial score (nSPS) is 12.9. The van der Waals surface area contributed by atoms with Gasteiger partial charge < -0.3 is 10.1 Å². The fraction of sp³-hybridized carbons (Fsp3) is 0.300. The fourth-order valence-corrected chi connectivity index (χ4v) is 4.34. The lowest BCUT2D eigenvalue weighted by molar-refractivity contribution is -0.123. The molecular formula is C20H24N2O7S2. The number of hydrogen-bond acceptors (Lipinski definition) is 7. The molecule has 0 aromatic heterocycles. The van der Waals surface area contributed by atoms with E-state index in [1.165, 1.54) is 55.5 Å². The second kappa shape index (κ2) is 9.58. The van der Waals surface area contributed by atoms with Crippen molar-refractivity contribution in [1.82, 2.24) is 4.72 Å². The lowest BCUT2D eigenvalue weighted by atomic mass is 10.2. The number of carbonyl (C=O) groups is 2. The van der Waals surface area contributed by atoms with Crippen molar-refractivity contribution < 1.29 is 31.2 Å². The van der Waals surface area contributed by atoms with Crippen molar-refractivity contribution in [3.05, 3.63) is 54.1 Å². The van der Waals surface area contributed by atoms with Gasteiger partial charge in [-0.3, -0.25) is 4.79 Å². The molecule has 2 aromatic carbocycles. The molecule has 0 unspecified atom stereocenters. The van der Waals surface area contributed by atoms with Gasteiger partial charge in [0.25, 0.3) is 5.91 Å². The highest BCUT2D eigenvalue weighted by atomic mass is 32.2. The van der Waals surface area contributed by atoms with E-state index < -0.39 is 37.8 Å². The number of carbonyl (C=O) groups excluding carboxylic acids is 2. The van der Waals surface area contributed by atoms with Crippen LogP contribution in [0.1, 0.15) is 31.1 Å². The molecule has 11 heteroatoms. The van der Waals surface area contributed by atoms with Crippen molar-refractivity contribution in [3.8, 4) is 0 Å². The van der Waals surface area contributed by atoms with Gasteiger partial charge in [-0.05, 0) is 69.3 Å². The molecule has 0 spiro atoms. The second-order valence-corrected chi connectivity index (χ2v) is 10.9. The quantitative estimate of drug-likeness (QED) is 0.565. The Labute approximate surface area is 181 Å². The van der Waals surface area contributed by atoms with Crippen LogP contribution in [0, 0.1) is 0 Å². The molecule has 0 aliphatic rings. The minimum absolute atomic E-state index is 0.0521. The molecular weight excluding hydrogens is 444 g/mol. The molecule has 0 aliphatic carbocycles. The maximum absolute atomic E-state index is 12.3. The average molecular weight is 469 g/mol. The molecule has 0 radical (unpaired) electrons. The second-order valence-electron chi connectivity index (χ2n) is 7.13. The highest BCUT2D eigenvalue weighted by Gasteiger charge is 2.20. The summed E-state index contributed by atoms with van der Waals surface area (Å²) in [6.07, 6.45) is -0.0942. The van der Waals surface area contributed by atoms with Gasteiger partial charge in [-0.1, -0.05) is 0 Å². The molecule has 31 heavy (non-hydrogen) atoms. The van der Waals surface area contributed by atoms with Crippen LogP contribution in [0.3, 0.4) is 0 Å². The number of anilines is 1. The number of hydrogen-bond donors (Lipinski definition) is 2. The number of ether oxygens (including phenoxy) is 1. The van der Waals surface area contributed by atoms with Crippen molar-refractivity contribution in [3.63, 3.8) is 0 Å². The van der Waals surface area contributed by atoms with E-state index in [1.807, 2.05) is 0 Å². The summed E-state index contributed by atoms with van der Waals surface area (Å²) in [4.78, 5) is 24.6. The molecule has 2 rings (SSSR count). The predicted octanol–water partition coefficient (Wildman–Crippen LogP) is 1.96. The van der Waals surface area contributed by atoms with E-state index in [0.29, 0.717) is 5.69 Å². The predicted molar refractivity (Wildman–Crippen MR) is 115 cm³/mol. The molecule has 2 N–H and O–H groups in total. The van der Waals surface area contributed by atoms with Gasteiger partial charge in [0, 0.05) is 18.0 Å². The van der Waals surface area contributed by atoms with Crippen LogP contribution < -0.4 is 10.0 Å². The van der Waals surface area contributed by atoms with Gasteiger partial charge in [-0.25, -0.2) is 26.4 Å². The monoisotopic (exact) mass is 468 g/mol. The highest BCUT2D eigenvalue weighted by Crippen LogP contribution is 2.16. The van der Waals surface area contributed by atoms with E-state index in [4.69, 9.17) is 4.74 Å². The molecule has 9 nitrogen and oxygen atoms in total. The van der Waals surface area contributed by atoms with Crippen LogP contribution in [0.4, 0.5) is 5.69 Å². The number of amides is 1. The average Bonchev–Trinajstić information content (AvgIpc) is 2.66. The third-order valence-corrected chi connectivity index (χ3v) is 6.80. The van der Waals surface area contributed by atoms with Crippen LogP contribution >= 0.6 is 0 Å². The third kappa shape index (κ3) is 6.88. The number of esters is 1. The lowest BCUT2D eigenvalue weighted by Gasteiger charge is -2.14. The summed E-state index contributed by atoms with van der Waals surface area (Å²) in [7, 11) is -7.04. The number of nitrogens with one attached hydrogen (secondary N) is 2. The Hall–Kier alpha value is -2.76. The zero-order valence-corrected chi connectivity index (χ0v) is 19.1. The Kier molecular flexibility index (Phi) is 7.58. The summed E-state index contributed by atoms with van der Waals surface area (Å²) in [5.41, 5.74) is 0.424. The van der Waals surface area contributed by atoms with E-state index in [-0.39, 0.29) is 21.4 Å². The first-order valence-corrected chi connectivity index (χ1v) is 12.6. The van der Waals surface area contributed by atoms with E-state index in [9.17, 15) is 26.4 Å². The van der Waals surface area contributed by atoms with Gasteiger partial charge in [-0.15, -0.1) is 0 Å². The van der Waals surface area contributed by atoms with E-state index in [2.05, 4.69) is 10.0 Å². The van der Waals surface area contributed by atoms with Gasteiger partial charge in [0.05, 0.1) is 15.4 Å². The molecule has 0 fully saturated rings. The number of sulfonamides is 1. The van der Waals surface area contributed by atoms with Gasteiger partial charge in [0.15, 0.2) is 15.9 Å². The summed E-state index contributed by atoms with van der Waals surface area (Å²) in [5, 5.41) is 2.54. The maximum atomic E-state index is 12.3. The van der Waals surface area contributed by atoms with E-state index in [0.717, 1.165) is 6.26 Å². The fourth-order valence-electron chi connectivity index (χ4n) is 2.46. The zero-order chi connectivity index (χ0) is 23.4.